The van der Waals surface area contributed by atoms with Gasteiger partial charge in [-0.15, -0.1) is 0 Å². The molecule has 132 valence electrons. The molecule has 0 spiro atoms. The van der Waals surface area contributed by atoms with Crippen LogP contribution in [0.3, 0.4) is 0 Å². The third-order valence-electron chi connectivity index (χ3n) is 3.96. The van der Waals surface area contributed by atoms with E-state index in [0.717, 1.165) is 25.7 Å². The third kappa shape index (κ3) is 4.61. The Kier molecular flexibility index (Phi) is 6.43. The second-order valence-corrected chi connectivity index (χ2v) is 5.71. The van der Waals surface area contributed by atoms with Gasteiger partial charge in [0.15, 0.2) is 17.5 Å². The van der Waals surface area contributed by atoms with Crippen LogP contribution in [0.5, 0.6) is 11.5 Å². The second-order valence-electron chi connectivity index (χ2n) is 5.71. The molecule has 2 rings (SSSR count). The number of carbonyl (C=O) groups is 2. The van der Waals surface area contributed by atoms with Gasteiger partial charge in [-0.05, 0) is 43.9 Å². The third-order valence-corrected chi connectivity index (χ3v) is 3.96. The number of aliphatic carboxylic acids is 1. The molecule has 0 radical (unpaired) electrons. The second kappa shape index (κ2) is 8.54. The van der Waals surface area contributed by atoms with Crippen LogP contribution in [-0.2, 0) is 9.53 Å². The van der Waals surface area contributed by atoms with Crippen molar-refractivity contribution < 1.29 is 28.9 Å². The number of methoxy groups -OCH3 is 2. The Hall–Kier alpha value is -2.28. The smallest absolute Gasteiger partial charge is 0.328 e. The van der Waals surface area contributed by atoms with Crippen LogP contribution >= 0.6 is 0 Å². The Morgan fingerprint density at radius 3 is 2.54 bits per heavy atom. The molecule has 7 nitrogen and oxygen atoms in total. The summed E-state index contributed by atoms with van der Waals surface area (Å²) in [5.41, 5.74) is 0.311. The van der Waals surface area contributed by atoms with Gasteiger partial charge in [0.2, 0.25) is 0 Å². The molecule has 0 bridgehead atoms. The fraction of sp³-hybridized carbons (Fsp3) is 0.529. The van der Waals surface area contributed by atoms with Crippen LogP contribution in [-0.4, -0.2) is 50.0 Å². The highest BCUT2D eigenvalue weighted by Gasteiger charge is 2.23. The van der Waals surface area contributed by atoms with Crippen LogP contribution < -0.4 is 14.8 Å². The number of carboxylic acids is 1. The van der Waals surface area contributed by atoms with E-state index in [-0.39, 0.29) is 12.7 Å². The molecule has 0 heterocycles. The van der Waals surface area contributed by atoms with Crippen molar-refractivity contribution in [2.75, 3.05) is 20.8 Å². The van der Waals surface area contributed by atoms with Crippen molar-refractivity contribution in [3.63, 3.8) is 0 Å². The van der Waals surface area contributed by atoms with E-state index in [1.54, 1.807) is 18.2 Å². The predicted octanol–water partition coefficient (Wildman–Crippen LogP) is 1.85. The van der Waals surface area contributed by atoms with E-state index in [4.69, 9.17) is 19.3 Å². The number of amides is 1. The summed E-state index contributed by atoms with van der Waals surface area (Å²) in [6, 6.07) is 3.69. The van der Waals surface area contributed by atoms with E-state index in [2.05, 4.69) is 5.32 Å². The molecule has 7 heteroatoms. The van der Waals surface area contributed by atoms with E-state index in [1.807, 2.05) is 0 Å². The molecule has 0 aromatic heterocycles. The number of hydrogen-bond acceptors (Lipinski definition) is 5. The van der Waals surface area contributed by atoms with Crippen LogP contribution in [0.2, 0.25) is 0 Å². The lowest BCUT2D eigenvalue weighted by Gasteiger charge is -2.17. The molecule has 0 saturated heterocycles. The zero-order chi connectivity index (χ0) is 17.5. The normalized spacial score (nSPS) is 15.8. The SMILES string of the molecule is COCC(NC(=O)c1ccc(OC)c(OC2CCCC2)c1)C(=O)O. The quantitative estimate of drug-likeness (QED) is 0.752. The van der Waals surface area contributed by atoms with Crippen molar-refractivity contribution in [1.82, 2.24) is 5.32 Å². The molecule has 0 aliphatic heterocycles. The van der Waals surface area contributed by atoms with E-state index in [1.165, 1.54) is 14.2 Å². The lowest BCUT2D eigenvalue weighted by Crippen LogP contribution is -2.43. The lowest BCUT2D eigenvalue weighted by atomic mass is 10.1. The summed E-state index contributed by atoms with van der Waals surface area (Å²) in [7, 11) is 2.92. The Morgan fingerprint density at radius 2 is 1.96 bits per heavy atom. The molecule has 24 heavy (non-hydrogen) atoms. The highest BCUT2D eigenvalue weighted by atomic mass is 16.5. The summed E-state index contributed by atoms with van der Waals surface area (Å²) in [6.07, 6.45) is 4.34. The Morgan fingerprint density at radius 1 is 1.25 bits per heavy atom. The molecule has 2 N–H and O–H groups in total. The van der Waals surface area contributed by atoms with E-state index < -0.39 is 17.9 Å². The van der Waals surface area contributed by atoms with Crippen molar-refractivity contribution in [1.29, 1.82) is 0 Å². The van der Waals surface area contributed by atoms with Gasteiger partial charge in [0.1, 0.15) is 0 Å². The minimum Gasteiger partial charge on any atom is -0.493 e. The molecule has 1 aromatic rings. The van der Waals surface area contributed by atoms with Crippen molar-refractivity contribution in [2.45, 2.75) is 37.8 Å². The number of carboxylic acid groups (broad SMARTS) is 1. The molecular formula is C17H23NO6. The van der Waals surface area contributed by atoms with Crippen molar-refractivity contribution >= 4 is 11.9 Å². The summed E-state index contributed by atoms with van der Waals surface area (Å²) in [4.78, 5) is 23.4. The van der Waals surface area contributed by atoms with Gasteiger partial charge in [-0.25, -0.2) is 4.79 Å². The van der Waals surface area contributed by atoms with Gasteiger partial charge in [0.25, 0.3) is 5.91 Å². The first kappa shape index (κ1) is 18.1. The highest BCUT2D eigenvalue weighted by molar-refractivity contribution is 5.97. The largest absolute Gasteiger partial charge is 0.493 e. The lowest BCUT2D eigenvalue weighted by molar-refractivity contribution is -0.140. The first-order chi connectivity index (χ1) is 11.5. The summed E-state index contributed by atoms with van der Waals surface area (Å²) in [6.45, 7) is -0.108. The summed E-state index contributed by atoms with van der Waals surface area (Å²) >= 11 is 0. The molecule has 1 atom stereocenters. The van der Waals surface area contributed by atoms with Crippen molar-refractivity contribution in [3.05, 3.63) is 23.8 Å². The summed E-state index contributed by atoms with van der Waals surface area (Å²) in [5, 5.41) is 11.5. The fourth-order valence-electron chi connectivity index (χ4n) is 2.68. The monoisotopic (exact) mass is 337 g/mol. The van der Waals surface area contributed by atoms with Crippen LogP contribution in [0.15, 0.2) is 18.2 Å². The number of benzene rings is 1. The number of rotatable bonds is 8. The molecular weight excluding hydrogens is 314 g/mol. The van der Waals surface area contributed by atoms with Crippen molar-refractivity contribution in [2.24, 2.45) is 0 Å². The average Bonchev–Trinajstić information content (AvgIpc) is 3.07. The summed E-state index contributed by atoms with van der Waals surface area (Å²) in [5.74, 6) is -0.611. The van der Waals surface area contributed by atoms with Gasteiger partial charge in [0, 0.05) is 12.7 Å². The molecule has 1 amide bonds. The van der Waals surface area contributed by atoms with Crippen LogP contribution in [0, 0.1) is 0 Å². The molecule has 1 saturated carbocycles. The van der Waals surface area contributed by atoms with Gasteiger partial charge < -0.3 is 24.6 Å². The molecule has 1 aliphatic rings. The number of ether oxygens (including phenoxy) is 3. The van der Waals surface area contributed by atoms with Gasteiger partial charge in [-0.2, -0.15) is 0 Å². The molecule has 1 aromatic carbocycles. The van der Waals surface area contributed by atoms with E-state index >= 15 is 0 Å². The van der Waals surface area contributed by atoms with E-state index in [9.17, 15) is 9.59 Å². The van der Waals surface area contributed by atoms with Crippen LogP contribution in [0.4, 0.5) is 0 Å². The highest BCUT2D eigenvalue weighted by Crippen LogP contribution is 2.32. The van der Waals surface area contributed by atoms with Crippen LogP contribution in [0.1, 0.15) is 36.0 Å². The topological polar surface area (TPSA) is 94.1 Å². The molecule has 1 unspecified atom stereocenters. The van der Waals surface area contributed by atoms with Gasteiger partial charge >= 0.3 is 5.97 Å². The minimum atomic E-state index is -1.15. The number of hydrogen-bond donors (Lipinski definition) is 2. The molecule has 1 fully saturated rings. The molecule has 1 aliphatic carbocycles. The standard InChI is InChI=1S/C17H23NO6/c1-22-10-13(17(20)21)18-16(19)11-7-8-14(23-2)15(9-11)24-12-5-3-4-6-12/h7-9,12-13H,3-6,10H2,1-2H3,(H,18,19)(H,20,21). The van der Waals surface area contributed by atoms with Crippen molar-refractivity contribution in [3.8, 4) is 11.5 Å². The fourth-order valence-corrected chi connectivity index (χ4v) is 2.68. The minimum absolute atomic E-state index is 0.108. The Bertz CT molecular complexity index is 582. The van der Waals surface area contributed by atoms with Crippen LogP contribution in [0.25, 0.3) is 0 Å². The first-order valence-corrected chi connectivity index (χ1v) is 7.92. The van der Waals surface area contributed by atoms with Gasteiger partial charge in [0.05, 0.1) is 19.8 Å². The Balaban J connectivity index is 2.13. The van der Waals surface area contributed by atoms with Gasteiger partial charge in [-0.1, -0.05) is 0 Å². The Labute approximate surface area is 140 Å². The number of carbonyl (C=O) groups excluding carboxylic acids is 1. The van der Waals surface area contributed by atoms with Gasteiger partial charge in [-0.3, -0.25) is 4.79 Å². The average molecular weight is 337 g/mol. The predicted molar refractivity (Wildman–Crippen MR) is 86.6 cm³/mol. The maximum absolute atomic E-state index is 12.3. The maximum atomic E-state index is 12.3. The zero-order valence-corrected chi connectivity index (χ0v) is 13.9. The van der Waals surface area contributed by atoms with E-state index in [0.29, 0.717) is 17.1 Å². The number of nitrogens with one attached hydrogen (secondary N) is 1. The zero-order valence-electron chi connectivity index (χ0n) is 13.9. The first-order valence-electron chi connectivity index (χ1n) is 7.92. The summed E-state index contributed by atoms with van der Waals surface area (Å²) < 4.78 is 16.0. The maximum Gasteiger partial charge on any atom is 0.328 e.